The predicted molar refractivity (Wildman–Crippen MR) is 71.6 cm³/mol. The second-order valence-electron chi connectivity index (χ2n) is 5.20. The second kappa shape index (κ2) is 5.82. The number of hydrogen-bond acceptors (Lipinski definition) is 2. The fourth-order valence-electron chi connectivity index (χ4n) is 2.77. The molecule has 0 bridgehead atoms. The number of nitrogens with one attached hydrogen (secondary N) is 2. The van der Waals surface area contributed by atoms with Gasteiger partial charge in [0.15, 0.2) is 5.11 Å². The highest BCUT2D eigenvalue weighted by atomic mass is 32.1. The highest BCUT2D eigenvalue weighted by Gasteiger charge is 2.20. The van der Waals surface area contributed by atoms with E-state index in [1.54, 1.807) is 0 Å². The van der Waals surface area contributed by atoms with Gasteiger partial charge in [-0.3, -0.25) is 0 Å². The molecule has 0 amide bonds. The maximum atomic E-state index is 5.37. The molecule has 92 valence electrons. The zero-order chi connectivity index (χ0) is 11.4. The molecule has 1 saturated carbocycles. The summed E-state index contributed by atoms with van der Waals surface area (Å²) in [6, 6.07) is 1.17. The van der Waals surface area contributed by atoms with Crippen LogP contribution in [0.3, 0.4) is 0 Å². The lowest BCUT2D eigenvalue weighted by Gasteiger charge is -2.31. The first-order valence-electron chi connectivity index (χ1n) is 6.49. The van der Waals surface area contributed by atoms with Gasteiger partial charge in [0.2, 0.25) is 0 Å². The van der Waals surface area contributed by atoms with Gasteiger partial charge in [-0.25, -0.2) is 0 Å². The average Bonchev–Trinajstić information content (AvgIpc) is 2.70. The molecule has 1 aliphatic carbocycles. The van der Waals surface area contributed by atoms with Crippen LogP contribution in [0.15, 0.2) is 0 Å². The average molecular weight is 241 g/mol. The zero-order valence-corrected chi connectivity index (χ0v) is 11.0. The van der Waals surface area contributed by atoms with E-state index < -0.39 is 0 Å². The molecule has 2 N–H and O–H groups in total. The van der Waals surface area contributed by atoms with Gasteiger partial charge in [0.1, 0.15) is 0 Å². The van der Waals surface area contributed by atoms with Crippen molar-refractivity contribution in [1.82, 2.24) is 15.5 Å². The lowest BCUT2D eigenvalue weighted by Crippen LogP contribution is -2.50. The molecule has 16 heavy (non-hydrogen) atoms. The van der Waals surface area contributed by atoms with Gasteiger partial charge in [0, 0.05) is 18.6 Å². The molecule has 1 aliphatic heterocycles. The molecule has 0 aromatic carbocycles. The first-order chi connectivity index (χ1) is 7.74. The summed E-state index contributed by atoms with van der Waals surface area (Å²) in [7, 11) is 2.18. The van der Waals surface area contributed by atoms with E-state index in [-0.39, 0.29) is 0 Å². The molecule has 1 saturated heterocycles. The highest BCUT2D eigenvalue weighted by molar-refractivity contribution is 7.80. The van der Waals surface area contributed by atoms with Crippen LogP contribution in [0.25, 0.3) is 0 Å². The predicted octanol–water partition coefficient (Wildman–Crippen LogP) is 1.49. The molecule has 2 aliphatic rings. The standard InChI is InChI=1S/C12H23N3S/c1-15-8-4-7-11(9-15)14-12(16)13-10-5-2-3-6-10/h10-11H,2-9H2,1H3,(H2,13,14,16). The summed E-state index contributed by atoms with van der Waals surface area (Å²) in [5.41, 5.74) is 0. The second-order valence-corrected chi connectivity index (χ2v) is 5.61. The Bertz CT molecular complexity index is 238. The van der Waals surface area contributed by atoms with Crippen LogP contribution in [0.1, 0.15) is 38.5 Å². The summed E-state index contributed by atoms with van der Waals surface area (Å²) in [5.74, 6) is 0. The monoisotopic (exact) mass is 241 g/mol. The number of hydrogen-bond donors (Lipinski definition) is 2. The Hall–Kier alpha value is -0.350. The molecular weight excluding hydrogens is 218 g/mol. The van der Waals surface area contributed by atoms with Gasteiger partial charge >= 0.3 is 0 Å². The fraction of sp³-hybridized carbons (Fsp3) is 0.917. The smallest absolute Gasteiger partial charge is 0.166 e. The summed E-state index contributed by atoms with van der Waals surface area (Å²) in [4.78, 5) is 2.37. The maximum Gasteiger partial charge on any atom is 0.166 e. The van der Waals surface area contributed by atoms with Crippen molar-refractivity contribution in [2.45, 2.75) is 50.6 Å². The van der Waals surface area contributed by atoms with Crippen LogP contribution in [-0.4, -0.2) is 42.2 Å². The number of nitrogens with zero attached hydrogens (tertiary/aromatic N) is 1. The van der Waals surface area contributed by atoms with E-state index in [4.69, 9.17) is 12.2 Å². The van der Waals surface area contributed by atoms with Crippen molar-refractivity contribution < 1.29 is 0 Å². The number of rotatable bonds is 2. The van der Waals surface area contributed by atoms with Crippen molar-refractivity contribution in [1.29, 1.82) is 0 Å². The quantitative estimate of drug-likeness (QED) is 0.716. The Morgan fingerprint density at radius 2 is 1.69 bits per heavy atom. The van der Waals surface area contributed by atoms with Crippen LogP contribution >= 0.6 is 12.2 Å². The van der Waals surface area contributed by atoms with Crippen molar-refractivity contribution in [2.75, 3.05) is 20.1 Å². The SMILES string of the molecule is CN1CCCC(NC(=S)NC2CCCC2)C1. The van der Waals surface area contributed by atoms with Crippen molar-refractivity contribution in [3.63, 3.8) is 0 Å². The minimum absolute atomic E-state index is 0.542. The molecule has 2 rings (SSSR count). The Kier molecular flexibility index (Phi) is 4.41. The third-order valence-electron chi connectivity index (χ3n) is 3.65. The molecule has 2 fully saturated rings. The van der Waals surface area contributed by atoms with Crippen LogP contribution < -0.4 is 10.6 Å². The van der Waals surface area contributed by atoms with E-state index >= 15 is 0 Å². The molecular formula is C12H23N3S. The van der Waals surface area contributed by atoms with E-state index in [1.165, 1.54) is 45.1 Å². The van der Waals surface area contributed by atoms with Crippen LogP contribution in [0.5, 0.6) is 0 Å². The lowest BCUT2D eigenvalue weighted by atomic mass is 10.1. The van der Waals surface area contributed by atoms with Crippen LogP contribution in [-0.2, 0) is 0 Å². The normalized spacial score (nSPS) is 27.9. The topological polar surface area (TPSA) is 27.3 Å². The van der Waals surface area contributed by atoms with E-state index in [2.05, 4.69) is 22.6 Å². The third-order valence-corrected chi connectivity index (χ3v) is 3.89. The van der Waals surface area contributed by atoms with Crippen LogP contribution in [0.4, 0.5) is 0 Å². The Labute approximate surface area is 104 Å². The molecule has 0 spiro atoms. The van der Waals surface area contributed by atoms with E-state index in [0.717, 1.165) is 11.7 Å². The summed E-state index contributed by atoms with van der Waals surface area (Å²) in [6.07, 6.45) is 7.80. The largest absolute Gasteiger partial charge is 0.360 e. The molecule has 1 heterocycles. The maximum absolute atomic E-state index is 5.37. The minimum Gasteiger partial charge on any atom is -0.360 e. The number of piperidine rings is 1. The van der Waals surface area contributed by atoms with Gasteiger partial charge in [-0.15, -0.1) is 0 Å². The first-order valence-corrected chi connectivity index (χ1v) is 6.90. The molecule has 3 nitrogen and oxygen atoms in total. The molecule has 0 aromatic heterocycles. The van der Waals surface area contributed by atoms with E-state index in [1.807, 2.05) is 0 Å². The van der Waals surface area contributed by atoms with Crippen molar-refractivity contribution >= 4 is 17.3 Å². The van der Waals surface area contributed by atoms with Gasteiger partial charge in [0.05, 0.1) is 0 Å². The number of thiocarbonyl (C=S) groups is 1. The summed E-state index contributed by atoms with van der Waals surface area (Å²) < 4.78 is 0. The third kappa shape index (κ3) is 3.59. The molecule has 1 unspecified atom stereocenters. The Morgan fingerprint density at radius 3 is 2.38 bits per heavy atom. The Morgan fingerprint density at radius 1 is 1.06 bits per heavy atom. The molecule has 4 heteroatoms. The lowest BCUT2D eigenvalue weighted by molar-refractivity contribution is 0.240. The summed E-state index contributed by atoms with van der Waals surface area (Å²) >= 11 is 5.37. The van der Waals surface area contributed by atoms with Crippen LogP contribution in [0, 0.1) is 0 Å². The minimum atomic E-state index is 0.542. The Balaban J connectivity index is 1.69. The summed E-state index contributed by atoms with van der Waals surface area (Å²) in [5, 5.41) is 7.77. The van der Waals surface area contributed by atoms with Crippen molar-refractivity contribution in [2.24, 2.45) is 0 Å². The van der Waals surface area contributed by atoms with E-state index in [9.17, 15) is 0 Å². The number of likely N-dealkylation sites (tertiary alicyclic amines) is 1. The zero-order valence-electron chi connectivity index (χ0n) is 10.2. The van der Waals surface area contributed by atoms with Gasteiger partial charge in [-0.2, -0.15) is 0 Å². The molecule has 0 aromatic rings. The van der Waals surface area contributed by atoms with E-state index in [0.29, 0.717) is 12.1 Å². The molecule has 1 atom stereocenters. The van der Waals surface area contributed by atoms with Gasteiger partial charge in [-0.05, 0) is 51.5 Å². The van der Waals surface area contributed by atoms with Gasteiger partial charge in [-0.1, -0.05) is 12.8 Å². The first kappa shape index (κ1) is 12.1. The van der Waals surface area contributed by atoms with Crippen molar-refractivity contribution in [3.05, 3.63) is 0 Å². The highest BCUT2D eigenvalue weighted by Crippen LogP contribution is 2.17. The van der Waals surface area contributed by atoms with Crippen molar-refractivity contribution in [3.8, 4) is 0 Å². The number of likely N-dealkylation sites (N-methyl/N-ethyl adjacent to an activating group) is 1. The fourth-order valence-corrected chi connectivity index (χ4v) is 3.10. The summed E-state index contributed by atoms with van der Waals surface area (Å²) in [6.45, 7) is 2.34. The molecule has 0 radical (unpaired) electrons. The van der Waals surface area contributed by atoms with Gasteiger partial charge in [0.25, 0.3) is 0 Å². The van der Waals surface area contributed by atoms with Gasteiger partial charge < -0.3 is 15.5 Å². The van der Waals surface area contributed by atoms with Crippen LogP contribution in [0.2, 0.25) is 0 Å².